The summed E-state index contributed by atoms with van der Waals surface area (Å²) >= 11 is 0. The minimum atomic E-state index is -0.901. The lowest BCUT2D eigenvalue weighted by Gasteiger charge is -2.28. The summed E-state index contributed by atoms with van der Waals surface area (Å²) in [5.74, 6) is -1.74. The number of methoxy groups -OCH3 is 1. The number of aliphatic hydroxyl groups is 1. The molecule has 0 aliphatic heterocycles. The van der Waals surface area contributed by atoms with Crippen LogP contribution in [0.4, 0.5) is 8.78 Å². The van der Waals surface area contributed by atoms with Gasteiger partial charge in [-0.25, -0.2) is 8.78 Å². The first kappa shape index (κ1) is 22.0. The Hall–Kier alpha value is -3.26. The summed E-state index contributed by atoms with van der Waals surface area (Å²) in [6, 6.07) is 8.34. The zero-order valence-electron chi connectivity index (χ0n) is 17.6. The van der Waals surface area contributed by atoms with Crippen LogP contribution in [0.1, 0.15) is 41.6 Å². The molecule has 2 N–H and O–H groups in total. The van der Waals surface area contributed by atoms with Gasteiger partial charge in [0.15, 0.2) is 0 Å². The number of nitrogens with zero attached hydrogens (tertiary/aromatic N) is 1. The molecule has 1 aliphatic carbocycles. The third-order valence-electron chi connectivity index (χ3n) is 5.92. The highest BCUT2D eigenvalue weighted by Crippen LogP contribution is 2.22. The highest BCUT2D eigenvalue weighted by Gasteiger charge is 2.27. The molecule has 2 aromatic carbocycles. The first-order valence-corrected chi connectivity index (χ1v) is 10.5. The molecule has 6 nitrogen and oxygen atoms in total. The fraction of sp³-hybridized carbons (Fsp3) is 0.333. The van der Waals surface area contributed by atoms with E-state index >= 15 is 0 Å². The lowest BCUT2D eigenvalue weighted by molar-refractivity contribution is 0.0716. The zero-order chi connectivity index (χ0) is 22.8. The number of aromatic nitrogens is 1. The number of benzene rings is 2. The van der Waals surface area contributed by atoms with E-state index < -0.39 is 40.5 Å². The van der Waals surface area contributed by atoms with E-state index in [1.807, 2.05) is 0 Å². The Morgan fingerprint density at radius 2 is 1.81 bits per heavy atom. The van der Waals surface area contributed by atoms with Crippen LogP contribution in [0.25, 0.3) is 10.9 Å². The molecule has 1 fully saturated rings. The maximum absolute atomic E-state index is 14.7. The average molecular weight is 442 g/mol. The molecule has 32 heavy (non-hydrogen) atoms. The Balaban J connectivity index is 1.79. The van der Waals surface area contributed by atoms with Crippen LogP contribution in [-0.2, 0) is 6.54 Å². The molecule has 0 spiro atoms. The van der Waals surface area contributed by atoms with E-state index in [0.29, 0.717) is 18.6 Å². The number of nitrogens with one attached hydrogen (secondary N) is 1. The molecule has 1 heterocycles. The minimum absolute atomic E-state index is 0.105. The van der Waals surface area contributed by atoms with Crippen molar-refractivity contribution in [2.24, 2.45) is 0 Å². The standard InChI is InChI=1S/C24H24F2N2O4/c1-32-15-8-6-14(7-9-15)12-28-13-16(24(31)27-19-4-2-3-5-20(19)29)23(30)21-17(25)10-11-18(26)22(21)28/h6-11,13,19-20,29H,2-5,12H2,1H3,(H,27,31)/t19-,20?/m0/s1. The second-order valence-electron chi connectivity index (χ2n) is 8.03. The number of carbonyl (C=O) groups is 1. The van der Waals surface area contributed by atoms with Crippen molar-refractivity contribution in [2.75, 3.05) is 7.11 Å². The molecular formula is C24H24F2N2O4. The summed E-state index contributed by atoms with van der Waals surface area (Å²) in [4.78, 5) is 25.9. The van der Waals surface area contributed by atoms with Gasteiger partial charge in [-0.2, -0.15) is 0 Å². The highest BCUT2D eigenvalue weighted by atomic mass is 19.1. The number of hydrogen-bond donors (Lipinski definition) is 2. The molecule has 1 amide bonds. The summed E-state index contributed by atoms with van der Waals surface area (Å²) in [6.07, 6.45) is 3.41. The van der Waals surface area contributed by atoms with Crippen LogP contribution in [0.15, 0.2) is 47.4 Å². The van der Waals surface area contributed by atoms with Crippen molar-refractivity contribution >= 4 is 16.8 Å². The van der Waals surface area contributed by atoms with Crippen molar-refractivity contribution in [1.29, 1.82) is 0 Å². The number of hydrogen-bond acceptors (Lipinski definition) is 4. The lowest BCUT2D eigenvalue weighted by Crippen LogP contribution is -2.46. The molecule has 0 radical (unpaired) electrons. The molecule has 0 bridgehead atoms. The Morgan fingerprint density at radius 1 is 1.12 bits per heavy atom. The molecule has 2 atom stereocenters. The molecule has 0 saturated heterocycles. The summed E-state index contributed by atoms with van der Waals surface area (Å²) in [5.41, 5.74) is -0.646. The largest absolute Gasteiger partial charge is 0.497 e. The van der Waals surface area contributed by atoms with Gasteiger partial charge in [0.2, 0.25) is 5.43 Å². The Labute approximate surface area is 183 Å². The van der Waals surface area contributed by atoms with E-state index in [9.17, 15) is 23.5 Å². The third kappa shape index (κ3) is 4.23. The van der Waals surface area contributed by atoms with Gasteiger partial charge in [0.25, 0.3) is 5.91 Å². The summed E-state index contributed by atoms with van der Waals surface area (Å²) in [5, 5.41) is 12.4. The predicted octanol–water partition coefficient (Wildman–Crippen LogP) is 3.37. The predicted molar refractivity (Wildman–Crippen MR) is 116 cm³/mol. The summed E-state index contributed by atoms with van der Waals surface area (Å²) < 4.78 is 35.9. The molecular weight excluding hydrogens is 418 g/mol. The molecule has 8 heteroatoms. The Kier molecular flexibility index (Phi) is 6.23. The monoisotopic (exact) mass is 442 g/mol. The van der Waals surface area contributed by atoms with E-state index in [4.69, 9.17) is 4.74 Å². The van der Waals surface area contributed by atoms with Gasteiger partial charge in [0.1, 0.15) is 22.9 Å². The van der Waals surface area contributed by atoms with Crippen molar-refractivity contribution in [3.63, 3.8) is 0 Å². The first-order chi connectivity index (χ1) is 15.4. The van der Waals surface area contributed by atoms with Crippen molar-refractivity contribution in [3.05, 3.63) is 75.6 Å². The zero-order valence-corrected chi connectivity index (χ0v) is 17.6. The fourth-order valence-electron chi connectivity index (χ4n) is 4.19. The SMILES string of the molecule is COc1ccc(Cn2cc(C(=O)N[C@H]3CCCCC3O)c(=O)c3c(F)ccc(F)c32)cc1. The molecule has 1 saturated carbocycles. The van der Waals surface area contributed by atoms with Gasteiger partial charge in [-0.05, 0) is 42.7 Å². The number of fused-ring (bicyclic) bond motifs is 1. The second kappa shape index (κ2) is 9.08. The van der Waals surface area contributed by atoms with E-state index in [1.54, 1.807) is 24.3 Å². The number of halogens is 2. The molecule has 1 aliphatic rings. The van der Waals surface area contributed by atoms with Gasteiger partial charge in [-0.3, -0.25) is 9.59 Å². The van der Waals surface area contributed by atoms with Gasteiger partial charge in [0.05, 0.1) is 30.2 Å². The second-order valence-corrected chi connectivity index (χ2v) is 8.03. The quantitative estimate of drug-likeness (QED) is 0.635. The number of amides is 1. The van der Waals surface area contributed by atoms with E-state index in [1.165, 1.54) is 17.9 Å². The maximum Gasteiger partial charge on any atom is 0.257 e. The fourth-order valence-corrected chi connectivity index (χ4v) is 4.19. The van der Waals surface area contributed by atoms with Crippen LogP contribution < -0.4 is 15.5 Å². The van der Waals surface area contributed by atoms with Crippen LogP contribution in [0, 0.1) is 11.6 Å². The Bertz CT molecular complexity index is 1210. The van der Waals surface area contributed by atoms with E-state index in [2.05, 4.69) is 5.32 Å². The summed E-state index contributed by atoms with van der Waals surface area (Å²) in [7, 11) is 1.54. The van der Waals surface area contributed by atoms with Gasteiger partial charge in [-0.15, -0.1) is 0 Å². The van der Waals surface area contributed by atoms with Gasteiger partial charge in [0, 0.05) is 12.7 Å². The molecule has 1 unspecified atom stereocenters. The van der Waals surface area contributed by atoms with Crippen molar-refractivity contribution in [1.82, 2.24) is 9.88 Å². The van der Waals surface area contributed by atoms with Crippen molar-refractivity contribution in [3.8, 4) is 5.75 Å². The third-order valence-corrected chi connectivity index (χ3v) is 5.92. The Morgan fingerprint density at radius 3 is 2.50 bits per heavy atom. The number of rotatable bonds is 5. The highest BCUT2D eigenvalue weighted by molar-refractivity contribution is 5.97. The maximum atomic E-state index is 14.7. The van der Waals surface area contributed by atoms with E-state index in [0.717, 1.165) is 30.5 Å². The van der Waals surface area contributed by atoms with Crippen LogP contribution in [0.5, 0.6) is 5.75 Å². The van der Waals surface area contributed by atoms with Crippen molar-refractivity contribution in [2.45, 2.75) is 44.4 Å². The summed E-state index contributed by atoms with van der Waals surface area (Å²) in [6.45, 7) is 0.105. The van der Waals surface area contributed by atoms with Crippen molar-refractivity contribution < 1.29 is 23.4 Å². The number of ether oxygens (including phenoxy) is 1. The normalized spacial score (nSPS) is 18.5. The van der Waals surface area contributed by atoms with Gasteiger partial charge < -0.3 is 19.7 Å². The van der Waals surface area contributed by atoms with Crippen LogP contribution >= 0.6 is 0 Å². The number of carbonyl (C=O) groups excluding carboxylic acids is 1. The van der Waals surface area contributed by atoms with Gasteiger partial charge >= 0.3 is 0 Å². The minimum Gasteiger partial charge on any atom is -0.497 e. The topological polar surface area (TPSA) is 80.6 Å². The first-order valence-electron chi connectivity index (χ1n) is 10.5. The van der Waals surface area contributed by atoms with E-state index in [-0.39, 0.29) is 17.6 Å². The van der Waals surface area contributed by atoms with Crippen LogP contribution in [0.2, 0.25) is 0 Å². The number of aliphatic hydroxyl groups excluding tert-OH is 1. The molecule has 1 aromatic heterocycles. The van der Waals surface area contributed by atoms with Gasteiger partial charge in [-0.1, -0.05) is 25.0 Å². The van der Waals surface area contributed by atoms with Crippen LogP contribution in [-0.4, -0.2) is 34.8 Å². The number of pyridine rings is 1. The molecule has 4 rings (SSSR count). The lowest BCUT2D eigenvalue weighted by atomic mass is 9.92. The smallest absolute Gasteiger partial charge is 0.257 e. The molecule has 168 valence electrons. The molecule has 3 aromatic rings. The van der Waals surface area contributed by atoms with Crippen LogP contribution in [0.3, 0.4) is 0 Å². The average Bonchev–Trinajstić information content (AvgIpc) is 2.79.